The van der Waals surface area contributed by atoms with Gasteiger partial charge in [-0.2, -0.15) is 0 Å². The maximum absolute atomic E-state index is 12.0. The van der Waals surface area contributed by atoms with Crippen LogP contribution in [-0.4, -0.2) is 57.2 Å². The third kappa shape index (κ3) is 8.82. The molecule has 0 aliphatic carbocycles. The van der Waals surface area contributed by atoms with Crippen LogP contribution < -0.4 is 10.6 Å². The lowest BCUT2D eigenvalue weighted by Crippen LogP contribution is -2.46. The first-order valence-corrected chi connectivity index (χ1v) is 8.84. The summed E-state index contributed by atoms with van der Waals surface area (Å²) in [6, 6.07) is 0.278. The van der Waals surface area contributed by atoms with Crippen molar-refractivity contribution in [3.05, 3.63) is 0 Å². The number of sulfonamides is 1. The summed E-state index contributed by atoms with van der Waals surface area (Å²) in [5.74, 6) is 1.19. The van der Waals surface area contributed by atoms with E-state index in [0.717, 1.165) is 0 Å². The Morgan fingerprint density at radius 3 is 2.10 bits per heavy atom. The van der Waals surface area contributed by atoms with Gasteiger partial charge in [-0.1, -0.05) is 27.7 Å². The molecule has 0 aromatic rings. The summed E-state index contributed by atoms with van der Waals surface area (Å²) in [6.07, 6.45) is 0. The van der Waals surface area contributed by atoms with E-state index in [1.54, 1.807) is 7.05 Å². The van der Waals surface area contributed by atoms with Crippen LogP contribution in [0.3, 0.4) is 0 Å². The average Bonchev–Trinajstić information content (AvgIpc) is 2.37. The van der Waals surface area contributed by atoms with Crippen LogP contribution in [0.15, 0.2) is 4.99 Å². The van der Waals surface area contributed by atoms with Crippen molar-refractivity contribution >= 4 is 40.0 Å². The molecule has 0 aromatic carbocycles. The van der Waals surface area contributed by atoms with E-state index >= 15 is 0 Å². The molecule has 0 fully saturated rings. The molecule has 1 atom stereocenters. The first kappa shape index (κ1) is 23.2. The molecule has 1 unspecified atom stereocenters. The second-order valence-electron chi connectivity index (χ2n) is 5.08. The summed E-state index contributed by atoms with van der Waals surface area (Å²) >= 11 is 0. The zero-order valence-electron chi connectivity index (χ0n) is 14.0. The van der Waals surface area contributed by atoms with Gasteiger partial charge >= 0.3 is 0 Å². The average molecular weight is 434 g/mol. The number of nitrogens with one attached hydrogen (secondary N) is 2. The SMILES string of the molecule is CCN(CC)S(=O)(=O)CCNC(=NC)NC(C)C(C)C.I. The van der Waals surface area contributed by atoms with Crippen LogP contribution in [0.4, 0.5) is 0 Å². The Kier molecular flexibility index (Phi) is 12.7. The first-order chi connectivity index (χ1) is 9.28. The second kappa shape index (κ2) is 11.5. The molecule has 0 saturated heterocycles. The highest BCUT2D eigenvalue weighted by Crippen LogP contribution is 2.00. The van der Waals surface area contributed by atoms with Crippen LogP contribution in [0.5, 0.6) is 0 Å². The molecule has 21 heavy (non-hydrogen) atoms. The van der Waals surface area contributed by atoms with Crippen LogP contribution >= 0.6 is 24.0 Å². The van der Waals surface area contributed by atoms with Crippen molar-refractivity contribution in [2.45, 2.75) is 40.7 Å². The lowest BCUT2D eigenvalue weighted by Gasteiger charge is -2.22. The van der Waals surface area contributed by atoms with E-state index in [-0.39, 0.29) is 35.8 Å². The number of hydrogen-bond donors (Lipinski definition) is 2. The Morgan fingerprint density at radius 2 is 1.71 bits per heavy atom. The van der Waals surface area contributed by atoms with Crippen molar-refractivity contribution in [3.63, 3.8) is 0 Å². The predicted molar refractivity (Wildman–Crippen MR) is 101 cm³/mol. The lowest BCUT2D eigenvalue weighted by atomic mass is 10.1. The number of hydrogen-bond acceptors (Lipinski definition) is 3. The van der Waals surface area contributed by atoms with Gasteiger partial charge in [0.2, 0.25) is 10.0 Å². The molecule has 0 radical (unpaired) electrons. The van der Waals surface area contributed by atoms with Crippen molar-refractivity contribution in [3.8, 4) is 0 Å². The zero-order chi connectivity index (χ0) is 15.8. The van der Waals surface area contributed by atoms with E-state index < -0.39 is 10.0 Å². The number of rotatable bonds is 8. The minimum Gasteiger partial charge on any atom is -0.355 e. The first-order valence-electron chi connectivity index (χ1n) is 7.23. The topological polar surface area (TPSA) is 73.8 Å². The molecule has 0 aliphatic heterocycles. The smallest absolute Gasteiger partial charge is 0.215 e. The van der Waals surface area contributed by atoms with Gasteiger partial charge in [-0.3, -0.25) is 4.99 Å². The van der Waals surface area contributed by atoms with Crippen LogP contribution in [-0.2, 0) is 10.0 Å². The molecule has 0 heterocycles. The van der Waals surface area contributed by atoms with E-state index in [4.69, 9.17) is 0 Å². The molecule has 0 bridgehead atoms. The lowest BCUT2D eigenvalue weighted by molar-refractivity contribution is 0.444. The van der Waals surface area contributed by atoms with Gasteiger partial charge in [-0.05, 0) is 12.8 Å². The van der Waals surface area contributed by atoms with Gasteiger partial charge in [0, 0.05) is 32.7 Å². The molecule has 0 amide bonds. The number of guanidine groups is 1. The number of nitrogens with zero attached hydrogens (tertiary/aromatic N) is 2. The third-order valence-electron chi connectivity index (χ3n) is 3.34. The van der Waals surface area contributed by atoms with E-state index in [2.05, 4.69) is 36.4 Å². The molecule has 0 aromatic heterocycles. The van der Waals surface area contributed by atoms with E-state index in [9.17, 15) is 8.42 Å². The molecule has 0 aliphatic rings. The Morgan fingerprint density at radius 1 is 1.19 bits per heavy atom. The van der Waals surface area contributed by atoms with Crippen molar-refractivity contribution in [2.24, 2.45) is 10.9 Å². The van der Waals surface area contributed by atoms with Crippen molar-refractivity contribution < 1.29 is 8.42 Å². The standard InChI is InChI=1S/C13H30N4O2S.HI/c1-7-17(8-2)20(18,19)10-9-15-13(14-6)16-12(5)11(3)4;/h11-12H,7-10H2,1-6H3,(H2,14,15,16);1H. The second-order valence-corrected chi connectivity index (χ2v) is 7.16. The molecule has 8 heteroatoms. The molecule has 0 saturated carbocycles. The Labute approximate surface area is 147 Å². The van der Waals surface area contributed by atoms with E-state index in [1.165, 1.54) is 4.31 Å². The van der Waals surface area contributed by atoms with Crippen LogP contribution in [0.1, 0.15) is 34.6 Å². The van der Waals surface area contributed by atoms with Crippen LogP contribution in [0, 0.1) is 5.92 Å². The minimum atomic E-state index is -3.18. The van der Waals surface area contributed by atoms with Gasteiger partial charge in [0.1, 0.15) is 0 Å². The highest BCUT2D eigenvalue weighted by atomic mass is 127. The van der Waals surface area contributed by atoms with Gasteiger partial charge in [0.05, 0.1) is 5.75 Å². The predicted octanol–water partition coefficient (Wildman–Crippen LogP) is 1.49. The highest BCUT2D eigenvalue weighted by Gasteiger charge is 2.18. The Hall–Kier alpha value is -0.0900. The maximum atomic E-state index is 12.0. The van der Waals surface area contributed by atoms with Crippen LogP contribution in [0.2, 0.25) is 0 Å². The highest BCUT2D eigenvalue weighted by molar-refractivity contribution is 14.0. The fourth-order valence-corrected chi connectivity index (χ4v) is 3.03. The molecule has 0 rings (SSSR count). The molecule has 0 spiro atoms. The monoisotopic (exact) mass is 434 g/mol. The fourth-order valence-electron chi connectivity index (χ4n) is 1.62. The summed E-state index contributed by atoms with van der Waals surface area (Å²) in [6.45, 7) is 11.4. The van der Waals surface area contributed by atoms with Crippen molar-refractivity contribution in [1.82, 2.24) is 14.9 Å². The van der Waals surface area contributed by atoms with E-state index in [0.29, 0.717) is 31.5 Å². The largest absolute Gasteiger partial charge is 0.355 e. The molecular weight excluding hydrogens is 403 g/mol. The molecule has 2 N–H and O–H groups in total. The van der Waals surface area contributed by atoms with E-state index in [1.807, 2.05) is 13.8 Å². The molecule has 6 nitrogen and oxygen atoms in total. The summed E-state index contributed by atoms with van der Waals surface area (Å²) < 4.78 is 25.5. The normalized spacial score (nSPS) is 14.0. The summed E-state index contributed by atoms with van der Waals surface area (Å²) in [5.41, 5.74) is 0. The Bertz CT molecular complexity index is 395. The summed E-state index contributed by atoms with van der Waals surface area (Å²) in [7, 11) is -1.50. The molecular formula is C13H31IN4O2S. The molecule has 128 valence electrons. The van der Waals surface area contributed by atoms with Gasteiger partial charge in [-0.15, -0.1) is 24.0 Å². The fraction of sp³-hybridized carbons (Fsp3) is 0.923. The summed E-state index contributed by atoms with van der Waals surface area (Å²) in [5, 5.41) is 6.29. The van der Waals surface area contributed by atoms with Crippen LogP contribution in [0.25, 0.3) is 0 Å². The van der Waals surface area contributed by atoms with Gasteiger partial charge < -0.3 is 10.6 Å². The van der Waals surface area contributed by atoms with Gasteiger partial charge in [0.15, 0.2) is 5.96 Å². The van der Waals surface area contributed by atoms with Gasteiger partial charge in [0.25, 0.3) is 0 Å². The summed E-state index contributed by atoms with van der Waals surface area (Å²) in [4.78, 5) is 4.10. The maximum Gasteiger partial charge on any atom is 0.215 e. The zero-order valence-corrected chi connectivity index (χ0v) is 17.2. The van der Waals surface area contributed by atoms with Crippen molar-refractivity contribution in [2.75, 3.05) is 32.4 Å². The quantitative estimate of drug-likeness (QED) is 0.345. The van der Waals surface area contributed by atoms with Gasteiger partial charge in [-0.25, -0.2) is 12.7 Å². The number of aliphatic imine (C=N–C) groups is 1. The Balaban J connectivity index is 0. The minimum absolute atomic E-state index is 0. The third-order valence-corrected chi connectivity index (χ3v) is 5.36. The number of halogens is 1. The van der Waals surface area contributed by atoms with Crippen molar-refractivity contribution in [1.29, 1.82) is 0 Å².